The summed E-state index contributed by atoms with van der Waals surface area (Å²) in [7, 11) is 1.62. The Hall–Kier alpha value is -1.82. The van der Waals surface area contributed by atoms with Gasteiger partial charge in [-0.1, -0.05) is 0 Å². The molecule has 0 spiro atoms. The summed E-state index contributed by atoms with van der Waals surface area (Å²) in [6.07, 6.45) is 1.73. The van der Waals surface area contributed by atoms with Gasteiger partial charge in [-0.2, -0.15) is 0 Å². The van der Waals surface area contributed by atoms with E-state index in [9.17, 15) is 4.39 Å². The number of halogens is 2. The summed E-state index contributed by atoms with van der Waals surface area (Å²) in [5.41, 5.74) is 8.61. The molecule has 0 bridgehead atoms. The molecule has 1 heterocycles. The van der Waals surface area contributed by atoms with Gasteiger partial charge in [0.2, 0.25) is 0 Å². The van der Waals surface area contributed by atoms with Crippen LogP contribution in [0.3, 0.4) is 0 Å². The molecule has 0 aliphatic heterocycles. The molecule has 6 heteroatoms. The number of hydrogen-bond donors (Lipinski definition) is 1. The number of rotatable bonds is 4. The normalized spacial score (nSPS) is 10.5. The SMILES string of the molecule is COc1c(C)cnc(COc2c(N)cc(F)cc2Br)c1C. The molecule has 4 nitrogen and oxygen atoms in total. The number of benzene rings is 1. The first-order valence-electron chi connectivity index (χ1n) is 6.30. The Bertz CT molecular complexity index is 654. The minimum Gasteiger partial charge on any atom is -0.496 e. The van der Waals surface area contributed by atoms with E-state index in [1.165, 1.54) is 12.1 Å². The second-order valence-corrected chi connectivity index (χ2v) is 5.50. The lowest BCUT2D eigenvalue weighted by Crippen LogP contribution is -2.05. The van der Waals surface area contributed by atoms with Crippen LogP contribution < -0.4 is 15.2 Å². The standard InChI is InChI=1S/C15H16BrFN2O2/c1-8-6-19-13(9(2)14(8)20-3)7-21-15-11(16)4-10(17)5-12(15)18/h4-6H,7,18H2,1-3H3. The van der Waals surface area contributed by atoms with Gasteiger partial charge in [-0.3, -0.25) is 4.98 Å². The Morgan fingerprint density at radius 1 is 1.29 bits per heavy atom. The molecule has 1 aromatic carbocycles. The number of nitrogen functional groups attached to an aromatic ring is 1. The average molecular weight is 355 g/mol. The van der Waals surface area contributed by atoms with E-state index >= 15 is 0 Å². The van der Waals surface area contributed by atoms with Gasteiger partial charge in [-0.15, -0.1) is 0 Å². The highest BCUT2D eigenvalue weighted by Gasteiger charge is 2.13. The van der Waals surface area contributed by atoms with E-state index in [1.807, 2.05) is 13.8 Å². The molecule has 0 aliphatic carbocycles. The monoisotopic (exact) mass is 354 g/mol. The van der Waals surface area contributed by atoms with Gasteiger partial charge in [-0.05, 0) is 35.8 Å². The van der Waals surface area contributed by atoms with Gasteiger partial charge < -0.3 is 15.2 Å². The van der Waals surface area contributed by atoms with E-state index in [2.05, 4.69) is 20.9 Å². The maximum Gasteiger partial charge on any atom is 0.157 e. The first-order chi connectivity index (χ1) is 9.93. The molecule has 0 saturated heterocycles. The Morgan fingerprint density at radius 3 is 2.62 bits per heavy atom. The zero-order valence-electron chi connectivity index (χ0n) is 12.0. The first-order valence-corrected chi connectivity index (χ1v) is 7.09. The van der Waals surface area contributed by atoms with Crippen molar-refractivity contribution in [3.63, 3.8) is 0 Å². The lowest BCUT2D eigenvalue weighted by Gasteiger charge is -2.14. The van der Waals surface area contributed by atoms with E-state index in [-0.39, 0.29) is 12.3 Å². The van der Waals surface area contributed by atoms with Crippen molar-refractivity contribution < 1.29 is 13.9 Å². The molecule has 0 atom stereocenters. The highest BCUT2D eigenvalue weighted by atomic mass is 79.9. The fraction of sp³-hybridized carbons (Fsp3) is 0.267. The highest BCUT2D eigenvalue weighted by Crippen LogP contribution is 2.33. The summed E-state index contributed by atoms with van der Waals surface area (Å²) in [4.78, 5) is 4.34. The van der Waals surface area contributed by atoms with E-state index in [1.54, 1.807) is 13.3 Å². The lowest BCUT2D eigenvalue weighted by atomic mass is 10.1. The van der Waals surface area contributed by atoms with Crippen molar-refractivity contribution in [3.05, 3.63) is 45.4 Å². The Kier molecular flexibility index (Phi) is 4.67. The molecule has 21 heavy (non-hydrogen) atoms. The van der Waals surface area contributed by atoms with Crippen molar-refractivity contribution in [2.45, 2.75) is 20.5 Å². The predicted molar refractivity (Wildman–Crippen MR) is 83.1 cm³/mol. The van der Waals surface area contributed by atoms with Crippen LogP contribution in [-0.2, 0) is 6.61 Å². The Labute approximate surface area is 131 Å². The van der Waals surface area contributed by atoms with E-state index < -0.39 is 5.82 Å². The smallest absolute Gasteiger partial charge is 0.157 e. The number of aryl methyl sites for hydroxylation is 1. The fourth-order valence-electron chi connectivity index (χ4n) is 2.09. The summed E-state index contributed by atoms with van der Waals surface area (Å²) >= 11 is 3.24. The number of nitrogens with two attached hydrogens (primary N) is 1. The summed E-state index contributed by atoms with van der Waals surface area (Å²) in [5.74, 6) is 0.768. The molecule has 0 radical (unpaired) electrons. The van der Waals surface area contributed by atoms with Gasteiger partial charge in [0.05, 0.1) is 23.0 Å². The van der Waals surface area contributed by atoms with Crippen LogP contribution in [0.15, 0.2) is 22.8 Å². The fourth-order valence-corrected chi connectivity index (χ4v) is 2.65. The molecule has 2 N–H and O–H groups in total. The van der Waals surface area contributed by atoms with Crippen LogP contribution in [0.25, 0.3) is 0 Å². The first kappa shape index (κ1) is 15.6. The molecule has 2 rings (SSSR count). The van der Waals surface area contributed by atoms with E-state index in [0.717, 1.165) is 22.6 Å². The number of methoxy groups -OCH3 is 1. The molecule has 112 valence electrons. The molecule has 0 unspecified atom stereocenters. The second kappa shape index (κ2) is 6.30. The van der Waals surface area contributed by atoms with Gasteiger partial charge in [0.1, 0.15) is 18.2 Å². The third-order valence-electron chi connectivity index (χ3n) is 3.14. The summed E-state index contributed by atoms with van der Waals surface area (Å²) in [5, 5.41) is 0. The van der Waals surface area contributed by atoms with E-state index in [0.29, 0.717) is 10.2 Å². The van der Waals surface area contributed by atoms with Crippen LogP contribution in [0.5, 0.6) is 11.5 Å². The number of aromatic nitrogens is 1. The zero-order chi connectivity index (χ0) is 15.6. The third kappa shape index (κ3) is 3.26. The van der Waals surface area contributed by atoms with Crippen molar-refractivity contribution in [1.29, 1.82) is 0 Å². The minimum absolute atomic E-state index is 0.219. The van der Waals surface area contributed by atoms with Crippen LogP contribution in [0.4, 0.5) is 10.1 Å². The molecule has 0 fully saturated rings. The summed E-state index contributed by atoms with van der Waals surface area (Å²) in [6, 6.07) is 2.53. The summed E-state index contributed by atoms with van der Waals surface area (Å²) in [6.45, 7) is 4.06. The number of hydrogen-bond acceptors (Lipinski definition) is 4. The number of anilines is 1. The maximum absolute atomic E-state index is 13.2. The van der Waals surface area contributed by atoms with Crippen LogP contribution in [0.1, 0.15) is 16.8 Å². The topological polar surface area (TPSA) is 57.4 Å². The minimum atomic E-state index is -0.418. The average Bonchev–Trinajstić information content (AvgIpc) is 2.40. The van der Waals surface area contributed by atoms with Crippen molar-refractivity contribution in [2.24, 2.45) is 0 Å². The molecule has 2 aromatic rings. The van der Waals surface area contributed by atoms with Crippen molar-refractivity contribution in [1.82, 2.24) is 4.98 Å². The highest BCUT2D eigenvalue weighted by molar-refractivity contribution is 9.10. The zero-order valence-corrected chi connectivity index (χ0v) is 13.6. The maximum atomic E-state index is 13.2. The molecule has 1 aromatic heterocycles. The second-order valence-electron chi connectivity index (χ2n) is 4.64. The van der Waals surface area contributed by atoms with Gasteiger partial charge in [0.25, 0.3) is 0 Å². The van der Waals surface area contributed by atoms with E-state index in [4.69, 9.17) is 15.2 Å². The van der Waals surface area contributed by atoms with Gasteiger partial charge in [0, 0.05) is 23.4 Å². The number of nitrogens with zero attached hydrogens (tertiary/aromatic N) is 1. The van der Waals surface area contributed by atoms with Crippen molar-refractivity contribution >= 4 is 21.6 Å². The van der Waals surface area contributed by atoms with Crippen LogP contribution in [-0.4, -0.2) is 12.1 Å². The predicted octanol–water partition coefficient (Wildman–Crippen LogP) is 3.77. The van der Waals surface area contributed by atoms with Crippen LogP contribution in [0, 0.1) is 19.7 Å². The molecular formula is C15H16BrFN2O2. The van der Waals surface area contributed by atoms with Gasteiger partial charge in [0.15, 0.2) is 5.75 Å². The van der Waals surface area contributed by atoms with Crippen molar-refractivity contribution in [2.75, 3.05) is 12.8 Å². The van der Waals surface area contributed by atoms with Gasteiger partial charge >= 0.3 is 0 Å². The quantitative estimate of drug-likeness (QED) is 0.849. The van der Waals surface area contributed by atoms with Crippen molar-refractivity contribution in [3.8, 4) is 11.5 Å². The number of pyridine rings is 1. The Morgan fingerprint density at radius 2 is 2.00 bits per heavy atom. The van der Waals surface area contributed by atoms with Crippen LogP contribution >= 0.6 is 15.9 Å². The Balaban J connectivity index is 2.25. The molecule has 0 amide bonds. The largest absolute Gasteiger partial charge is 0.496 e. The molecule has 0 saturated carbocycles. The molecule has 0 aliphatic rings. The van der Waals surface area contributed by atoms with Gasteiger partial charge in [-0.25, -0.2) is 4.39 Å². The third-order valence-corrected chi connectivity index (χ3v) is 3.73. The lowest BCUT2D eigenvalue weighted by molar-refractivity contribution is 0.298. The van der Waals surface area contributed by atoms with Crippen LogP contribution in [0.2, 0.25) is 0 Å². The summed E-state index contributed by atoms with van der Waals surface area (Å²) < 4.78 is 24.7. The molecular weight excluding hydrogens is 339 g/mol. The number of ether oxygens (including phenoxy) is 2.